The van der Waals surface area contributed by atoms with E-state index in [9.17, 15) is 14.0 Å². The Bertz CT molecular complexity index is 949. The van der Waals surface area contributed by atoms with E-state index in [1.165, 1.54) is 12.1 Å². The zero-order valence-corrected chi connectivity index (χ0v) is 25.9. The summed E-state index contributed by atoms with van der Waals surface area (Å²) in [6, 6.07) is 14.9. The quantitative estimate of drug-likeness (QED) is 0.240. The summed E-state index contributed by atoms with van der Waals surface area (Å²) in [7, 11) is 3.25. The standard InChI is InChI=1S/C23H36N3O5.C6H4F.O.Os/c1-17(16-30-3)25-23(28)21(26-22(27)20-7-4-5-12-24-20)15-18-8-10-19(11-9-18)31-14-6-13-29-2;7-6-4-2-1-3-5-6;;/h8-11,17,20-21H,4-7,12-16H2,1-3H3,(H,25,28)(H,26,27);1-2,4-5H;;/q2*-1;;/t17-,20?,21?;;;/m0.../s1. The fourth-order valence-corrected chi connectivity index (χ4v) is 3.84. The van der Waals surface area contributed by atoms with Gasteiger partial charge in [0.05, 0.1) is 13.2 Å². The second kappa shape index (κ2) is 22.2. The Morgan fingerprint density at radius 2 is 1.85 bits per heavy atom. The van der Waals surface area contributed by atoms with Crippen molar-refractivity contribution in [1.29, 1.82) is 0 Å². The van der Waals surface area contributed by atoms with Gasteiger partial charge in [-0.05, 0) is 24.6 Å². The van der Waals surface area contributed by atoms with E-state index >= 15 is 0 Å². The van der Waals surface area contributed by atoms with Crippen LogP contribution in [0, 0.1) is 11.9 Å². The molecule has 1 saturated heterocycles. The number of nitrogens with one attached hydrogen (secondary N) is 2. The van der Waals surface area contributed by atoms with E-state index in [1.54, 1.807) is 26.4 Å². The summed E-state index contributed by atoms with van der Waals surface area (Å²) in [6.45, 7) is 4.21. The minimum atomic E-state index is -0.683. The predicted octanol–water partition coefficient (Wildman–Crippen LogP) is 3.71. The van der Waals surface area contributed by atoms with Crippen molar-refractivity contribution in [3.8, 4) is 5.75 Å². The van der Waals surface area contributed by atoms with Crippen LogP contribution in [0.3, 0.4) is 0 Å². The number of methoxy groups -OCH3 is 2. The first-order chi connectivity index (χ1) is 19.4. The zero-order chi connectivity index (χ0) is 29.6. The molecular weight excluding hydrogens is 696 g/mol. The number of benzene rings is 2. The Hall–Kier alpha value is -2.57. The Morgan fingerprint density at radius 1 is 1.10 bits per heavy atom. The number of hydrogen-bond acceptors (Lipinski definition) is 6. The average Bonchev–Trinajstić information content (AvgIpc) is 2.98. The third-order valence-electron chi connectivity index (χ3n) is 5.77. The summed E-state index contributed by atoms with van der Waals surface area (Å²) in [5, 5.41) is 10.2. The summed E-state index contributed by atoms with van der Waals surface area (Å²) in [5.74, 6) is 0.119. The Balaban J connectivity index is 0.000000759. The fourth-order valence-electron chi connectivity index (χ4n) is 3.84. The second-order valence-corrected chi connectivity index (χ2v) is 9.11. The molecule has 11 heteroatoms. The van der Waals surface area contributed by atoms with Gasteiger partial charge < -0.3 is 30.2 Å². The minimum absolute atomic E-state index is 0.154. The van der Waals surface area contributed by atoms with Crippen LogP contribution < -0.4 is 15.4 Å². The van der Waals surface area contributed by atoms with Gasteiger partial charge in [0, 0.05) is 45.5 Å². The molecule has 2 unspecified atom stereocenters. The van der Waals surface area contributed by atoms with Gasteiger partial charge in [-0.3, -0.25) is 14.0 Å². The van der Waals surface area contributed by atoms with E-state index in [2.05, 4.69) is 22.0 Å². The molecule has 2 aromatic carbocycles. The van der Waals surface area contributed by atoms with Crippen molar-refractivity contribution in [2.45, 2.75) is 57.2 Å². The van der Waals surface area contributed by atoms with Crippen LogP contribution in [0.4, 0.5) is 4.39 Å². The van der Waals surface area contributed by atoms with Crippen molar-refractivity contribution in [3.05, 3.63) is 71.3 Å². The van der Waals surface area contributed by atoms with Gasteiger partial charge in [-0.15, -0.1) is 18.7 Å². The van der Waals surface area contributed by atoms with Crippen molar-refractivity contribution < 1.29 is 50.3 Å². The normalized spacial score (nSPS) is 15.7. The molecule has 9 nitrogen and oxygen atoms in total. The van der Waals surface area contributed by atoms with Crippen LogP contribution in [0.25, 0.3) is 5.32 Å². The first kappa shape index (κ1) is 35.5. The number of amides is 2. The van der Waals surface area contributed by atoms with Crippen molar-refractivity contribution in [3.63, 3.8) is 0 Å². The number of halogens is 1. The summed E-state index contributed by atoms with van der Waals surface area (Å²) < 4.78 is 36.0. The van der Waals surface area contributed by atoms with Crippen molar-refractivity contribution >= 4 is 11.8 Å². The molecule has 2 aromatic rings. The molecule has 0 aliphatic carbocycles. The number of ether oxygens (including phenoxy) is 3. The van der Waals surface area contributed by atoms with Gasteiger partial charge in [0.1, 0.15) is 11.8 Å². The van der Waals surface area contributed by atoms with Gasteiger partial charge in [-0.1, -0.05) is 37.4 Å². The average molecular weight is 736 g/mol. The number of rotatable bonds is 13. The molecule has 3 atom stereocenters. The van der Waals surface area contributed by atoms with Crippen LogP contribution in [0.1, 0.15) is 38.2 Å². The van der Waals surface area contributed by atoms with Gasteiger partial charge in [-0.2, -0.15) is 18.2 Å². The van der Waals surface area contributed by atoms with E-state index in [-0.39, 0.29) is 29.7 Å². The third kappa shape index (κ3) is 15.3. The second-order valence-electron chi connectivity index (χ2n) is 9.11. The molecule has 0 saturated carbocycles. The van der Waals surface area contributed by atoms with Crippen molar-refractivity contribution in [1.82, 2.24) is 10.6 Å². The SMILES string of the molecule is COCCCOc1ccc(CC(NC(=O)C2CCCC[N-]2)C(=O)N[C@@H](C)COC)cc1.Fc1c[c-]ccc1.[O]=[Os]. The summed E-state index contributed by atoms with van der Waals surface area (Å²) in [6.07, 6.45) is 3.93. The van der Waals surface area contributed by atoms with E-state index in [0.717, 1.165) is 37.0 Å². The van der Waals surface area contributed by atoms with Crippen LogP contribution in [0.5, 0.6) is 5.75 Å². The Morgan fingerprint density at radius 3 is 2.40 bits per heavy atom. The summed E-state index contributed by atoms with van der Waals surface area (Å²) >= 11 is 0.611. The van der Waals surface area contributed by atoms with E-state index in [1.807, 2.05) is 31.2 Å². The van der Waals surface area contributed by atoms with Crippen LogP contribution in [0.2, 0.25) is 0 Å². The number of carbonyl (C=O) groups is 2. The van der Waals surface area contributed by atoms with E-state index in [0.29, 0.717) is 51.3 Å². The Labute approximate surface area is 247 Å². The maximum absolute atomic E-state index is 12.9. The number of nitrogens with zero attached hydrogens (tertiary/aromatic N) is 1. The predicted molar refractivity (Wildman–Crippen MR) is 145 cm³/mol. The molecule has 1 aliphatic heterocycles. The monoisotopic (exact) mass is 737 g/mol. The van der Waals surface area contributed by atoms with E-state index in [4.69, 9.17) is 17.7 Å². The molecule has 0 aromatic heterocycles. The third-order valence-corrected chi connectivity index (χ3v) is 5.77. The molecule has 1 aliphatic rings. The van der Waals surface area contributed by atoms with Crippen LogP contribution in [-0.2, 0) is 47.6 Å². The van der Waals surface area contributed by atoms with Crippen LogP contribution >= 0.6 is 0 Å². The van der Waals surface area contributed by atoms with Gasteiger partial charge in [-0.25, -0.2) is 0 Å². The molecule has 224 valence electrons. The number of piperidine rings is 1. The van der Waals surface area contributed by atoms with Crippen LogP contribution in [0.15, 0.2) is 48.5 Å². The molecule has 0 spiro atoms. The molecule has 0 bridgehead atoms. The number of carbonyl (C=O) groups excluding carboxylic acids is 2. The molecular formula is C29H40FN3O6Os-2. The summed E-state index contributed by atoms with van der Waals surface area (Å²) in [5.41, 5.74) is 0.935. The molecule has 3 rings (SSSR count). The van der Waals surface area contributed by atoms with Gasteiger partial charge >= 0.3 is 22.1 Å². The first-order valence-corrected chi connectivity index (χ1v) is 14.2. The number of hydrogen-bond donors (Lipinski definition) is 2. The topological polar surface area (TPSA) is 117 Å². The zero-order valence-electron chi connectivity index (χ0n) is 23.3. The molecule has 0 radical (unpaired) electrons. The first-order valence-electron chi connectivity index (χ1n) is 13.2. The fraction of sp³-hybridized carbons (Fsp3) is 0.517. The molecule has 1 heterocycles. The van der Waals surface area contributed by atoms with E-state index < -0.39 is 6.04 Å². The van der Waals surface area contributed by atoms with Gasteiger partial charge in [0.2, 0.25) is 11.8 Å². The van der Waals surface area contributed by atoms with Crippen molar-refractivity contribution in [2.24, 2.45) is 0 Å². The molecule has 2 N–H and O–H groups in total. The molecule has 2 amide bonds. The molecule has 1 fully saturated rings. The van der Waals surface area contributed by atoms with Gasteiger partial charge in [0.15, 0.2) is 0 Å². The maximum atomic E-state index is 12.9. The Kier molecular flexibility index (Phi) is 19.6. The summed E-state index contributed by atoms with van der Waals surface area (Å²) in [4.78, 5) is 25.6. The molecule has 40 heavy (non-hydrogen) atoms. The van der Waals surface area contributed by atoms with Crippen molar-refractivity contribution in [2.75, 3.05) is 40.6 Å². The van der Waals surface area contributed by atoms with Crippen LogP contribution in [-0.4, -0.2) is 70.5 Å². The van der Waals surface area contributed by atoms with Gasteiger partial charge in [0.25, 0.3) is 0 Å².